The Morgan fingerprint density at radius 2 is 2.00 bits per heavy atom. The van der Waals surface area contributed by atoms with Gasteiger partial charge in [0.15, 0.2) is 17.2 Å². The lowest BCUT2D eigenvalue weighted by Gasteiger charge is -2.11. The van der Waals surface area contributed by atoms with Crippen molar-refractivity contribution >= 4 is 8.60 Å². The van der Waals surface area contributed by atoms with Crippen molar-refractivity contribution in [3.63, 3.8) is 0 Å². The van der Waals surface area contributed by atoms with Gasteiger partial charge in [0, 0.05) is 13.2 Å². The summed E-state index contributed by atoms with van der Waals surface area (Å²) in [4.78, 5) is 4.19. The maximum atomic E-state index is 7.16. The monoisotopic (exact) mass is 304 g/mol. The Labute approximate surface area is 123 Å². The minimum atomic E-state index is -0.0248. The second-order valence-corrected chi connectivity index (χ2v) is 4.24. The van der Waals surface area contributed by atoms with Crippen LogP contribution in [0.4, 0.5) is 0 Å². The average Bonchev–Trinajstić information content (AvgIpc) is 2.91. The molecule has 0 aromatic carbocycles. The summed E-state index contributed by atoms with van der Waals surface area (Å²) in [7, 11) is 4.77. The van der Waals surface area contributed by atoms with Crippen molar-refractivity contribution in [2.75, 3.05) is 14.2 Å². The first-order valence-electron chi connectivity index (χ1n) is 5.85. The molecule has 108 valence electrons. The normalized spacial score (nSPS) is 9.86. The van der Waals surface area contributed by atoms with Crippen molar-refractivity contribution in [2.45, 2.75) is 0 Å². The van der Waals surface area contributed by atoms with Gasteiger partial charge in [0.25, 0.3) is 0 Å². The minimum Gasteiger partial charge on any atom is -0.491 e. The van der Waals surface area contributed by atoms with E-state index in [-0.39, 0.29) is 8.60 Å². The summed E-state index contributed by atoms with van der Waals surface area (Å²) in [6.07, 6.45) is 4.93. The lowest BCUT2D eigenvalue weighted by molar-refractivity contribution is 0.365. The molecule has 0 amide bonds. The molecule has 0 bridgehead atoms. The topological polar surface area (TPSA) is 82.2 Å². The molecule has 2 rings (SSSR count). The molecule has 2 heterocycles. The number of nitrogens with zero attached hydrogens (tertiary/aromatic N) is 3. The van der Waals surface area contributed by atoms with Crippen LogP contribution in [0.1, 0.15) is 11.3 Å². The van der Waals surface area contributed by atoms with Gasteiger partial charge in [-0.15, -0.1) is 0 Å². The number of methoxy groups -OCH3 is 2. The van der Waals surface area contributed by atoms with Crippen LogP contribution in [0.5, 0.6) is 17.2 Å². The van der Waals surface area contributed by atoms with Gasteiger partial charge in [-0.1, -0.05) is 5.92 Å². The van der Waals surface area contributed by atoms with Crippen LogP contribution in [0.2, 0.25) is 0 Å². The number of aryl methyl sites for hydroxylation is 1. The van der Waals surface area contributed by atoms with Crippen LogP contribution in [0.3, 0.4) is 0 Å². The molecule has 2 aromatic heterocycles. The van der Waals surface area contributed by atoms with E-state index in [1.165, 1.54) is 20.4 Å². The molecule has 0 aliphatic heterocycles. The predicted molar refractivity (Wildman–Crippen MR) is 76.8 cm³/mol. The summed E-state index contributed by atoms with van der Waals surface area (Å²) in [6, 6.07) is 0. The first-order chi connectivity index (χ1) is 10.2. The highest BCUT2D eigenvalue weighted by Gasteiger charge is 2.17. The van der Waals surface area contributed by atoms with Crippen LogP contribution in [0.25, 0.3) is 0 Å². The van der Waals surface area contributed by atoms with Crippen LogP contribution < -0.4 is 14.0 Å². The van der Waals surface area contributed by atoms with E-state index in [0.717, 1.165) is 5.56 Å². The molecule has 8 heteroatoms. The minimum absolute atomic E-state index is 0.0248. The third-order valence-electron chi connectivity index (χ3n) is 2.55. The van der Waals surface area contributed by atoms with Crippen LogP contribution in [0, 0.1) is 17.0 Å². The second-order valence-electron chi connectivity index (χ2n) is 3.87. The van der Waals surface area contributed by atoms with Crippen molar-refractivity contribution in [1.29, 1.82) is 5.16 Å². The number of pyridine rings is 1. The first kappa shape index (κ1) is 14.8. The van der Waals surface area contributed by atoms with Crippen molar-refractivity contribution < 1.29 is 14.0 Å². The summed E-state index contributed by atoms with van der Waals surface area (Å²) < 4.78 is 17.3. The fourth-order valence-corrected chi connectivity index (χ4v) is 1.90. The Morgan fingerprint density at radius 1 is 1.19 bits per heavy atom. The average molecular weight is 304 g/mol. The Balaban J connectivity index is 2.46. The molecule has 1 N–H and O–H groups in total. The zero-order valence-electron chi connectivity index (χ0n) is 11.7. The maximum Gasteiger partial charge on any atom is 0.239 e. The second kappa shape index (κ2) is 6.73. The molecule has 0 unspecified atom stereocenters. The van der Waals surface area contributed by atoms with E-state index >= 15 is 0 Å². The Morgan fingerprint density at radius 3 is 2.57 bits per heavy atom. The van der Waals surface area contributed by atoms with Gasteiger partial charge in [0.1, 0.15) is 0 Å². The number of rotatable bonds is 4. The van der Waals surface area contributed by atoms with Gasteiger partial charge >= 0.3 is 0 Å². The van der Waals surface area contributed by atoms with Crippen molar-refractivity contribution in [1.82, 2.24) is 14.8 Å². The molecule has 21 heavy (non-hydrogen) atoms. The van der Waals surface area contributed by atoms with E-state index in [2.05, 4.69) is 21.9 Å². The van der Waals surface area contributed by atoms with Gasteiger partial charge in [-0.05, 0) is 5.92 Å². The van der Waals surface area contributed by atoms with Crippen LogP contribution in [0.15, 0.2) is 18.6 Å². The number of hydrogen-bond acceptors (Lipinski definition) is 6. The molecule has 0 radical (unpaired) electrons. The summed E-state index contributed by atoms with van der Waals surface area (Å²) >= 11 is 0. The molecule has 0 fully saturated rings. The molecule has 0 aliphatic carbocycles. The molecule has 2 aromatic rings. The Hall–Kier alpha value is -2.58. The number of nitrogens with one attached hydrogen (secondary N) is 1. The smallest absolute Gasteiger partial charge is 0.239 e. The van der Waals surface area contributed by atoms with E-state index in [0.29, 0.717) is 22.9 Å². The van der Waals surface area contributed by atoms with E-state index in [9.17, 15) is 0 Å². The van der Waals surface area contributed by atoms with Crippen LogP contribution >= 0.6 is 8.60 Å². The zero-order chi connectivity index (χ0) is 15.2. The van der Waals surface area contributed by atoms with Crippen LogP contribution in [-0.2, 0) is 7.05 Å². The highest BCUT2D eigenvalue weighted by atomic mass is 31.1. The summed E-state index contributed by atoms with van der Waals surface area (Å²) in [5, 5.41) is 11.2. The number of hydrogen-bond donors (Lipinski definition) is 1. The molecule has 0 atom stereocenters. The van der Waals surface area contributed by atoms with Gasteiger partial charge in [-0.2, -0.15) is 5.10 Å². The van der Waals surface area contributed by atoms with Gasteiger partial charge < -0.3 is 14.0 Å². The predicted octanol–water partition coefficient (Wildman–Crippen LogP) is 2.23. The molecule has 0 aliphatic rings. The van der Waals surface area contributed by atoms with E-state index in [1.807, 2.05) is 7.05 Å². The highest BCUT2D eigenvalue weighted by Crippen LogP contribution is 2.40. The van der Waals surface area contributed by atoms with Gasteiger partial charge in [-0.25, -0.2) is 10.1 Å². The summed E-state index contributed by atoms with van der Waals surface area (Å²) in [5.74, 6) is 6.88. The van der Waals surface area contributed by atoms with Crippen LogP contribution in [-0.4, -0.2) is 29.0 Å². The maximum absolute atomic E-state index is 7.16. The van der Waals surface area contributed by atoms with Crippen molar-refractivity contribution in [3.05, 3.63) is 29.8 Å². The zero-order valence-corrected chi connectivity index (χ0v) is 12.6. The lowest BCUT2D eigenvalue weighted by Crippen LogP contribution is -1.97. The molecular formula is C13H13N4O3P. The number of ether oxygens (including phenoxy) is 2. The Kier molecular flexibility index (Phi) is 4.75. The SMILES string of the molecule is COc1cnc(C#Cc2cnn(C)c2)c(OC)c1OP=N. The largest absolute Gasteiger partial charge is 0.491 e. The fraction of sp³-hybridized carbons (Fsp3) is 0.231. The first-order valence-corrected chi connectivity index (χ1v) is 6.66. The van der Waals surface area contributed by atoms with Crippen molar-refractivity contribution in [3.8, 4) is 29.1 Å². The fourth-order valence-electron chi connectivity index (χ4n) is 1.63. The molecule has 0 spiro atoms. The molecular weight excluding hydrogens is 291 g/mol. The van der Waals surface area contributed by atoms with Crippen molar-refractivity contribution in [2.24, 2.45) is 7.05 Å². The third-order valence-corrected chi connectivity index (χ3v) is 2.82. The third kappa shape index (κ3) is 3.30. The van der Waals surface area contributed by atoms with E-state index < -0.39 is 0 Å². The van der Waals surface area contributed by atoms with Gasteiger partial charge in [0.2, 0.25) is 14.3 Å². The summed E-state index contributed by atoms with van der Waals surface area (Å²) in [5.41, 5.74) is 1.17. The number of aromatic nitrogens is 3. The molecule has 7 nitrogen and oxygen atoms in total. The van der Waals surface area contributed by atoms with Gasteiger partial charge in [0.05, 0.1) is 32.2 Å². The quantitative estimate of drug-likeness (QED) is 0.692. The van der Waals surface area contributed by atoms with E-state index in [4.69, 9.17) is 19.2 Å². The highest BCUT2D eigenvalue weighted by molar-refractivity contribution is 7.19. The summed E-state index contributed by atoms with van der Waals surface area (Å²) in [6.45, 7) is 0. The lowest BCUT2D eigenvalue weighted by atomic mass is 10.2. The Bertz CT molecular complexity index is 718. The van der Waals surface area contributed by atoms with Gasteiger partial charge in [-0.3, -0.25) is 4.68 Å². The molecule has 0 saturated heterocycles. The molecule has 0 saturated carbocycles. The standard InChI is InChI=1S/C13H13N4O3P/c1-17-8-9(6-16-17)4-5-10-12(19-3)13(20-21-14)11(18-2)7-15-10/h6-8,14H,1-3H3. The van der Waals surface area contributed by atoms with E-state index in [1.54, 1.807) is 17.1 Å².